The summed E-state index contributed by atoms with van der Waals surface area (Å²) in [4.78, 5) is 34.8. The second kappa shape index (κ2) is 10.8. The third-order valence-corrected chi connectivity index (χ3v) is 5.12. The van der Waals surface area contributed by atoms with Crippen molar-refractivity contribution in [1.29, 1.82) is 0 Å². The van der Waals surface area contributed by atoms with Crippen molar-refractivity contribution in [2.24, 2.45) is 0 Å². The highest BCUT2D eigenvalue weighted by Crippen LogP contribution is 2.34. The number of nitrogens with zero attached hydrogens (tertiary/aromatic N) is 1. The second-order valence-corrected chi connectivity index (χ2v) is 7.71. The van der Waals surface area contributed by atoms with Crippen molar-refractivity contribution in [2.45, 2.75) is 32.8 Å². The van der Waals surface area contributed by atoms with Gasteiger partial charge in [0.05, 0.1) is 12.0 Å². The maximum atomic E-state index is 14.8. The lowest BCUT2D eigenvalue weighted by atomic mass is 10.1. The van der Waals surface area contributed by atoms with Gasteiger partial charge in [-0.3, -0.25) is 14.9 Å². The monoisotopic (exact) mass is 489 g/mol. The summed E-state index contributed by atoms with van der Waals surface area (Å²) in [5.74, 6) is -2.48. The summed E-state index contributed by atoms with van der Waals surface area (Å²) < 4.78 is 25.4. The lowest BCUT2D eigenvalue weighted by Crippen LogP contribution is -2.17. The zero-order valence-corrected chi connectivity index (χ0v) is 19.0. The minimum atomic E-state index is -1.11. The average Bonchev–Trinajstić information content (AvgIpc) is 3.12. The number of halogens is 2. The SMILES string of the molecule is Cc1noc(-c2ccc(NC(=O)CCC(=O)O)cc2F)c1NC(=O)O[C@H](C)c1ccccc1Cl. The molecule has 1 aromatic heterocycles. The van der Waals surface area contributed by atoms with Gasteiger partial charge in [0, 0.05) is 22.7 Å². The van der Waals surface area contributed by atoms with Crippen LogP contribution >= 0.6 is 11.6 Å². The molecule has 9 nitrogen and oxygen atoms in total. The van der Waals surface area contributed by atoms with Crippen molar-refractivity contribution in [3.05, 3.63) is 64.6 Å². The molecule has 0 radical (unpaired) electrons. The Labute approximate surface area is 198 Å². The molecule has 1 heterocycles. The number of rotatable bonds is 8. The van der Waals surface area contributed by atoms with Gasteiger partial charge in [-0.25, -0.2) is 9.18 Å². The maximum Gasteiger partial charge on any atom is 0.412 e. The largest absolute Gasteiger partial charge is 0.481 e. The van der Waals surface area contributed by atoms with Crippen molar-refractivity contribution in [3.8, 4) is 11.3 Å². The Hall–Kier alpha value is -3.92. The molecule has 11 heteroatoms. The van der Waals surface area contributed by atoms with Gasteiger partial charge >= 0.3 is 12.1 Å². The summed E-state index contributed by atoms with van der Waals surface area (Å²) in [5.41, 5.74) is 1.15. The quantitative estimate of drug-likeness (QED) is 0.377. The fraction of sp³-hybridized carbons (Fsp3) is 0.217. The van der Waals surface area contributed by atoms with E-state index in [1.165, 1.54) is 12.1 Å². The molecule has 3 rings (SSSR count). The van der Waals surface area contributed by atoms with Crippen molar-refractivity contribution in [1.82, 2.24) is 5.16 Å². The Balaban J connectivity index is 1.73. The highest BCUT2D eigenvalue weighted by atomic mass is 35.5. The molecule has 0 bridgehead atoms. The van der Waals surface area contributed by atoms with Gasteiger partial charge < -0.3 is 19.7 Å². The summed E-state index contributed by atoms with van der Waals surface area (Å²) in [7, 11) is 0. The van der Waals surface area contributed by atoms with Gasteiger partial charge in [-0.2, -0.15) is 0 Å². The van der Waals surface area contributed by atoms with Crippen LogP contribution < -0.4 is 10.6 Å². The van der Waals surface area contributed by atoms with Crippen molar-refractivity contribution in [3.63, 3.8) is 0 Å². The normalized spacial score (nSPS) is 11.5. The lowest BCUT2D eigenvalue weighted by molar-refractivity contribution is -0.138. The van der Waals surface area contributed by atoms with Crippen LogP contribution in [0.25, 0.3) is 11.3 Å². The first-order valence-electron chi connectivity index (χ1n) is 10.2. The fourth-order valence-electron chi connectivity index (χ4n) is 3.08. The number of aromatic nitrogens is 1. The Morgan fingerprint density at radius 1 is 1.18 bits per heavy atom. The molecule has 3 aromatic rings. The number of carboxylic acids is 1. The van der Waals surface area contributed by atoms with Crippen molar-refractivity contribution >= 4 is 40.9 Å². The van der Waals surface area contributed by atoms with Gasteiger partial charge in [-0.15, -0.1) is 0 Å². The molecule has 0 unspecified atom stereocenters. The second-order valence-electron chi connectivity index (χ2n) is 7.30. The van der Waals surface area contributed by atoms with E-state index in [1.807, 2.05) is 0 Å². The van der Waals surface area contributed by atoms with Gasteiger partial charge in [-0.05, 0) is 38.1 Å². The first-order chi connectivity index (χ1) is 16.2. The molecule has 2 amide bonds. The predicted octanol–water partition coefficient (Wildman–Crippen LogP) is 5.56. The number of amides is 2. The van der Waals surface area contributed by atoms with E-state index in [0.29, 0.717) is 16.3 Å². The van der Waals surface area contributed by atoms with E-state index in [2.05, 4.69) is 15.8 Å². The topological polar surface area (TPSA) is 131 Å². The molecule has 0 aliphatic carbocycles. The van der Waals surface area contributed by atoms with E-state index in [9.17, 15) is 18.8 Å². The van der Waals surface area contributed by atoms with Crippen LogP contribution in [0.4, 0.5) is 20.6 Å². The molecule has 0 saturated heterocycles. The van der Waals surface area contributed by atoms with Crippen LogP contribution in [0, 0.1) is 12.7 Å². The number of ether oxygens (including phenoxy) is 1. The number of hydrogen-bond donors (Lipinski definition) is 3. The molecule has 1 atom stereocenters. The van der Waals surface area contributed by atoms with Crippen LogP contribution in [0.5, 0.6) is 0 Å². The highest BCUT2D eigenvalue weighted by molar-refractivity contribution is 6.31. The molecule has 0 fully saturated rings. The maximum absolute atomic E-state index is 14.8. The van der Waals surface area contributed by atoms with Gasteiger partial charge in [0.2, 0.25) is 5.91 Å². The highest BCUT2D eigenvalue weighted by Gasteiger charge is 2.23. The summed E-state index contributed by atoms with van der Waals surface area (Å²) in [6.07, 6.45) is -2.06. The Bertz CT molecular complexity index is 1230. The van der Waals surface area contributed by atoms with Gasteiger partial charge in [0.15, 0.2) is 5.76 Å². The van der Waals surface area contributed by atoms with E-state index in [0.717, 1.165) is 6.07 Å². The molecule has 0 aliphatic heterocycles. The minimum absolute atomic E-state index is 0.0152. The first-order valence-corrected chi connectivity index (χ1v) is 10.5. The van der Waals surface area contributed by atoms with Crippen LogP contribution in [0.3, 0.4) is 0 Å². The van der Waals surface area contributed by atoms with Gasteiger partial charge in [0.25, 0.3) is 0 Å². The van der Waals surface area contributed by atoms with Gasteiger partial charge in [0.1, 0.15) is 23.3 Å². The van der Waals surface area contributed by atoms with Crippen LogP contribution in [0.1, 0.15) is 37.1 Å². The predicted molar refractivity (Wildman–Crippen MR) is 122 cm³/mol. The smallest absolute Gasteiger partial charge is 0.412 e. The number of hydrogen-bond acceptors (Lipinski definition) is 6. The summed E-state index contributed by atoms with van der Waals surface area (Å²) in [5, 5.41) is 17.8. The minimum Gasteiger partial charge on any atom is -0.481 e. The molecular formula is C23H21ClFN3O6. The summed E-state index contributed by atoms with van der Waals surface area (Å²) >= 11 is 6.14. The van der Waals surface area contributed by atoms with Gasteiger partial charge in [-0.1, -0.05) is 35.0 Å². The van der Waals surface area contributed by atoms with Crippen LogP contribution in [-0.2, 0) is 14.3 Å². The fourth-order valence-corrected chi connectivity index (χ4v) is 3.37. The van der Waals surface area contributed by atoms with E-state index in [1.54, 1.807) is 38.1 Å². The third-order valence-electron chi connectivity index (χ3n) is 4.78. The number of carbonyl (C=O) groups excluding carboxylic acids is 2. The summed E-state index contributed by atoms with van der Waals surface area (Å²) in [6.45, 7) is 3.22. The van der Waals surface area contributed by atoms with Crippen molar-refractivity contribution in [2.75, 3.05) is 10.6 Å². The zero-order valence-electron chi connectivity index (χ0n) is 18.2. The number of aliphatic carboxylic acids is 1. The van der Waals surface area contributed by atoms with E-state index in [-0.39, 0.29) is 35.5 Å². The number of benzene rings is 2. The first kappa shape index (κ1) is 24.7. The number of nitrogens with one attached hydrogen (secondary N) is 2. The number of anilines is 2. The van der Waals surface area contributed by atoms with Crippen LogP contribution in [0.2, 0.25) is 5.02 Å². The molecule has 0 aliphatic rings. The van der Waals surface area contributed by atoms with Crippen molar-refractivity contribution < 1.29 is 33.1 Å². The Morgan fingerprint density at radius 3 is 2.59 bits per heavy atom. The zero-order chi connectivity index (χ0) is 24.8. The third kappa shape index (κ3) is 6.10. The molecular weight excluding hydrogens is 469 g/mol. The van der Waals surface area contributed by atoms with E-state index < -0.39 is 29.9 Å². The molecule has 2 aromatic carbocycles. The number of carbonyl (C=O) groups is 3. The van der Waals surface area contributed by atoms with Crippen LogP contribution in [-0.4, -0.2) is 28.2 Å². The molecule has 3 N–H and O–H groups in total. The summed E-state index contributed by atoms with van der Waals surface area (Å²) in [6, 6.07) is 10.7. The number of carboxylic acid groups (broad SMARTS) is 1. The molecule has 178 valence electrons. The Morgan fingerprint density at radius 2 is 1.91 bits per heavy atom. The molecule has 0 saturated carbocycles. The lowest BCUT2D eigenvalue weighted by Gasteiger charge is -2.15. The Kier molecular flexibility index (Phi) is 7.85. The van der Waals surface area contributed by atoms with E-state index >= 15 is 0 Å². The standard InChI is InChI=1S/C23H21ClFN3O6/c1-12-21(27-23(32)33-13(2)15-5-3-4-6-17(15)24)22(34-28-12)16-8-7-14(11-18(16)25)26-19(29)9-10-20(30)31/h3-8,11,13H,9-10H2,1-2H3,(H,26,29)(H,27,32)(H,30,31)/t13-/m1/s1. The molecule has 0 spiro atoms. The van der Waals surface area contributed by atoms with E-state index in [4.69, 9.17) is 26.0 Å². The average molecular weight is 490 g/mol. The molecule has 34 heavy (non-hydrogen) atoms. The van der Waals surface area contributed by atoms with Crippen LogP contribution in [0.15, 0.2) is 47.0 Å². The number of aryl methyl sites for hydroxylation is 1.